The molecular weight excluding hydrogens is 260 g/mol. The topological polar surface area (TPSA) is 41.1 Å². The minimum Gasteiger partial charge on any atom is -0.350 e. The summed E-state index contributed by atoms with van der Waals surface area (Å²) in [6.45, 7) is 6.15. The zero-order valence-corrected chi connectivity index (χ0v) is 13.2. The molecule has 1 aromatic rings. The molecule has 2 N–H and O–H groups in total. The zero-order chi connectivity index (χ0) is 14.9. The standard InChI is InChI=1S/C18H26N2O/c1-14-4-3-5-15(12-14)13-18(6-7-18)20-16(21)17(2)8-10-19-11-9-17/h3-5,12,19H,6-11,13H2,1-2H3,(H,20,21). The number of hydrogen-bond acceptors (Lipinski definition) is 2. The van der Waals surface area contributed by atoms with E-state index in [1.54, 1.807) is 0 Å². The molecule has 1 heterocycles. The molecule has 0 spiro atoms. The molecule has 1 amide bonds. The summed E-state index contributed by atoms with van der Waals surface area (Å²) < 4.78 is 0. The van der Waals surface area contributed by atoms with Crippen LogP contribution in [0.4, 0.5) is 0 Å². The number of nitrogens with one attached hydrogen (secondary N) is 2. The monoisotopic (exact) mass is 286 g/mol. The summed E-state index contributed by atoms with van der Waals surface area (Å²) in [4.78, 5) is 12.7. The highest BCUT2D eigenvalue weighted by molar-refractivity contribution is 5.83. The maximum absolute atomic E-state index is 12.7. The average Bonchev–Trinajstić information content (AvgIpc) is 3.19. The zero-order valence-electron chi connectivity index (χ0n) is 13.2. The summed E-state index contributed by atoms with van der Waals surface area (Å²) in [6.07, 6.45) is 5.08. The van der Waals surface area contributed by atoms with Crippen LogP contribution in [0.1, 0.15) is 43.7 Å². The van der Waals surface area contributed by atoms with Gasteiger partial charge in [-0.25, -0.2) is 0 Å². The average molecular weight is 286 g/mol. The minimum absolute atomic E-state index is 0.0265. The van der Waals surface area contributed by atoms with Gasteiger partial charge in [-0.05, 0) is 57.7 Å². The van der Waals surface area contributed by atoms with Crippen molar-refractivity contribution in [3.8, 4) is 0 Å². The molecule has 3 heteroatoms. The van der Waals surface area contributed by atoms with Crippen LogP contribution in [0.25, 0.3) is 0 Å². The third-order valence-electron chi connectivity index (χ3n) is 5.11. The molecule has 0 radical (unpaired) electrons. The molecule has 1 aromatic carbocycles. The second-order valence-corrected chi connectivity index (χ2v) is 7.21. The van der Waals surface area contributed by atoms with E-state index in [-0.39, 0.29) is 16.9 Å². The maximum Gasteiger partial charge on any atom is 0.226 e. The largest absolute Gasteiger partial charge is 0.350 e. The van der Waals surface area contributed by atoms with Crippen LogP contribution in [-0.2, 0) is 11.2 Å². The summed E-state index contributed by atoms with van der Waals surface area (Å²) in [5.74, 6) is 0.258. The molecule has 2 fully saturated rings. The highest BCUT2D eigenvalue weighted by Crippen LogP contribution is 2.40. The lowest BCUT2D eigenvalue weighted by atomic mass is 9.79. The van der Waals surface area contributed by atoms with Gasteiger partial charge in [0.05, 0.1) is 0 Å². The van der Waals surface area contributed by atoms with E-state index in [1.807, 2.05) is 0 Å². The molecule has 1 aliphatic carbocycles. The first kappa shape index (κ1) is 14.6. The molecule has 0 bridgehead atoms. The Bertz CT molecular complexity index is 528. The van der Waals surface area contributed by atoms with Crippen LogP contribution >= 0.6 is 0 Å². The van der Waals surface area contributed by atoms with E-state index in [2.05, 4.69) is 48.7 Å². The van der Waals surface area contributed by atoms with Gasteiger partial charge in [0.1, 0.15) is 0 Å². The number of piperidine rings is 1. The molecule has 3 nitrogen and oxygen atoms in total. The fraction of sp³-hybridized carbons (Fsp3) is 0.611. The van der Waals surface area contributed by atoms with Crippen molar-refractivity contribution in [2.75, 3.05) is 13.1 Å². The Kier molecular flexibility index (Phi) is 3.78. The molecule has 3 rings (SSSR count). The molecule has 1 aliphatic heterocycles. The van der Waals surface area contributed by atoms with Gasteiger partial charge in [0, 0.05) is 11.0 Å². The van der Waals surface area contributed by atoms with E-state index in [4.69, 9.17) is 0 Å². The van der Waals surface area contributed by atoms with Gasteiger partial charge in [-0.1, -0.05) is 36.8 Å². The summed E-state index contributed by atoms with van der Waals surface area (Å²) in [5, 5.41) is 6.72. The summed E-state index contributed by atoms with van der Waals surface area (Å²) in [5.41, 5.74) is 2.47. The fourth-order valence-electron chi connectivity index (χ4n) is 3.31. The van der Waals surface area contributed by atoms with Crippen molar-refractivity contribution in [2.24, 2.45) is 5.41 Å². The van der Waals surface area contributed by atoms with Crippen molar-refractivity contribution in [1.29, 1.82) is 0 Å². The van der Waals surface area contributed by atoms with Crippen molar-refractivity contribution >= 4 is 5.91 Å². The number of hydrogen-bond donors (Lipinski definition) is 2. The van der Waals surface area contributed by atoms with Gasteiger partial charge in [0.25, 0.3) is 0 Å². The number of rotatable bonds is 4. The second kappa shape index (κ2) is 5.45. The van der Waals surface area contributed by atoms with Gasteiger partial charge in [0.15, 0.2) is 0 Å². The molecular formula is C18H26N2O. The minimum atomic E-state index is -0.187. The molecule has 2 aliphatic rings. The van der Waals surface area contributed by atoms with Crippen LogP contribution < -0.4 is 10.6 Å². The van der Waals surface area contributed by atoms with E-state index < -0.39 is 0 Å². The summed E-state index contributed by atoms with van der Waals surface area (Å²) >= 11 is 0. The third-order valence-corrected chi connectivity index (χ3v) is 5.11. The van der Waals surface area contributed by atoms with Gasteiger partial charge < -0.3 is 10.6 Å². The van der Waals surface area contributed by atoms with Gasteiger partial charge >= 0.3 is 0 Å². The van der Waals surface area contributed by atoms with Crippen molar-refractivity contribution in [1.82, 2.24) is 10.6 Å². The first-order valence-corrected chi connectivity index (χ1v) is 8.10. The third kappa shape index (κ3) is 3.29. The van der Waals surface area contributed by atoms with E-state index in [9.17, 15) is 4.79 Å². The molecule has 0 atom stereocenters. The van der Waals surface area contributed by atoms with Crippen LogP contribution in [0.3, 0.4) is 0 Å². The van der Waals surface area contributed by atoms with Crippen LogP contribution in [0, 0.1) is 12.3 Å². The molecule has 1 saturated carbocycles. The second-order valence-electron chi connectivity index (χ2n) is 7.21. The van der Waals surface area contributed by atoms with E-state index >= 15 is 0 Å². The van der Waals surface area contributed by atoms with Gasteiger partial charge in [-0.3, -0.25) is 4.79 Å². The first-order chi connectivity index (χ1) is 10.0. The normalized spacial score (nSPS) is 22.6. The Hall–Kier alpha value is -1.35. The molecule has 0 aromatic heterocycles. The van der Waals surface area contributed by atoms with E-state index in [0.717, 1.165) is 45.2 Å². The highest BCUT2D eigenvalue weighted by atomic mass is 16.2. The fourth-order valence-corrected chi connectivity index (χ4v) is 3.31. The predicted octanol–water partition coefficient (Wildman–Crippen LogP) is 2.58. The smallest absolute Gasteiger partial charge is 0.226 e. The van der Waals surface area contributed by atoms with Gasteiger partial charge in [0.2, 0.25) is 5.91 Å². The quantitative estimate of drug-likeness (QED) is 0.893. The predicted molar refractivity (Wildman–Crippen MR) is 85.2 cm³/mol. The van der Waals surface area contributed by atoms with Crippen LogP contribution in [0.5, 0.6) is 0 Å². The SMILES string of the molecule is Cc1cccc(CC2(NC(=O)C3(C)CCNCC3)CC2)c1. The Labute approximate surface area is 127 Å². The van der Waals surface area contributed by atoms with E-state index in [0.29, 0.717) is 0 Å². The molecule has 114 valence electrons. The number of carbonyl (C=O) groups excluding carboxylic acids is 1. The lowest BCUT2D eigenvalue weighted by molar-refractivity contribution is -0.132. The molecule has 21 heavy (non-hydrogen) atoms. The van der Waals surface area contributed by atoms with Crippen LogP contribution in [-0.4, -0.2) is 24.5 Å². The lowest BCUT2D eigenvalue weighted by Crippen LogP contribution is -2.50. The Morgan fingerprint density at radius 2 is 1.95 bits per heavy atom. The van der Waals surface area contributed by atoms with Crippen molar-refractivity contribution < 1.29 is 4.79 Å². The number of aryl methyl sites for hydroxylation is 1. The Morgan fingerprint density at radius 3 is 2.57 bits per heavy atom. The van der Waals surface area contributed by atoms with Crippen molar-refractivity contribution in [3.63, 3.8) is 0 Å². The van der Waals surface area contributed by atoms with Crippen molar-refractivity contribution in [3.05, 3.63) is 35.4 Å². The molecule has 0 unspecified atom stereocenters. The van der Waals surface area contributed by atoms with E-state index in [1.165, 1.54) is 11.1 Å². The number of benzene rings is 1. The Balaban J connectivity index is 1.65. The lowest BCUT2D eigenvalue weighted by Gasteiger charge is -2.34. The van der Waals surface area contributed by atoms with Crippen molar-refractivity contribution in [2.45, 2.75) is 51.5 Å². The van der Waals surface area contributed by atoms with Crippen LogP contribution in [0.2, 0.25) is 0 Å². The summed E-state index contributed by atoms with van der Waals surface area (Å²) in [7, 11) is 0. The summed E-state index contributed by atoms with van der Waals surface area (Å²) in [6, 6.07) is 8.64. The van der Waals surface area contributed by atoms with Gasteiger partial charge in [-0.15, -0.1) is 0 Å². The first-order valence-electron chi connectivity index (χ1n) is 8.10. The molecule has 1 saturated heterocycles. The van der Waals surface area contributed by atoms with Crippen LogP contribution in [0.15, 0.2) is 24.3 Å². The number of amides is 1. The highest BCUT2D eigenvalue weighted by Gasteiger charge is 2.47. The Morgan fingerprint density at radius 1 is 1.24 bits per heavy atom. The van der Waals surface area contributed by atoms with Gasteiger partial charge in [-0.2, -0.15) is 0 Å². The number of carbonyl (C=O) groups is 1. The maximum atomic E-state index is 12.7.